The summed E-state index contributed by atoms with van der Waals surface area (Å²) in [6.07, 6.45) is -1.97. The molecule has 23 heavy (non-hydrogen) atoms. The number of aliphatic hydroxyl groups is 2. The van der Waals surface area contributed by atoms with Crippen molar-refractivity contribution in [3.05, 3.63) is 0 Å². The zero-order valence-electron chi connectivity index (χ0n) is 13.5. The number of carbonyl (C=O) groups is 1. The fourth-order valence-electron chi connectivity index (χ4n) is 2.22. The maximum atomic E-state index is 11.2. The highest BCUT2D eigenvalue weighted by atomic mass is 16.7. The van der Waals surface area contributed by atoms with Crippen LogP contribution in [-0.4, -0.2) is 86.8 Å². The van der Waals surface area contributed by atoms with E-state index in [9.17, 15) is 15.0 Å². The first kappa shape index (κ1) is 20.2. The van der Waals surface area contributed by atoms with E-state index < -0.39 is 24.5 Å². The van der Waals surface area contributed by atoms with Gasteiger partial charge >= 0.3 is 0 Å². The van der Waals surface area contributed by atoms with Gasteiger partial charge in [-0.25, -0.2) is 0 Å². The molecule has 9 nitrogen and oxygen atoms in total. The molecule has 136 valence electrons. The number of nitrogens with two attached hydrogens (primary N) is 1. The fraction of sp³-hybridized carbons (Fsp3) is 0.929. The molecule has 1 amide bonds. The van der Waals surface area contributed by atoms with Crippen molar-refractivity contribution in [3.8, 4) is 0 Å². The zero-order chi connectivity index (χ0) is 17.1. The van der Waals surface area contributed by atoms with E-state index in [1.54, 1.807) is 0 Å². The Morgan fingerprint density at radius 2 is 1.91 bits per heavy atom. The fourth-order valence-corrected chi connectivity index (χ4v) is 2.22. The Morgan fingerprint density at radius 1 is 1.26 bits per heavy atom. The molecule has 1 rings (SSSR count). The molecule has 0 bridgehead atoms. The SMILES string of the molecule is CC(=O)NC1C(O)CC(CO)OC1OCCOCCOCCN. The zero-order valence-corrected chi connectivity index (χ0v) is 13.5. The average molecular weight is 336 g/mol. The van der Waals surface area contributed by atoms with E-state index in [0.29, 0.717) is 33.0 Å². The molecule has 0 aromatic rings. The quantitative estimate of drug-likeness (QED) is 0.318. The molecule has 1 aliphatic heterocycles. The van der Waals surface area contributed by atoms with Gasteiger partial charge in [-0.3, -0.25) is 4.79 Å². The number of rotatable bonds is 11. The number of hydrogen-bond donors (Lipinski definition) is 4. The summed E-state index contributed by atoms with van der Waals surface area (Å²) in [6, 6.07) is -0.678. The molecule has 0 radical (unpaired) electrons. The van der Waals surface area contributed by atoms with Gasteiger partial charge in [0.05, 0.1) is 51.8 Å². The van der Waals surface area contributed by atoms with Crippen molar-refractivity contribution < 1.29 is 34.0 Å². The third-order valence-corrected chi connectivity index (χ3v) is 3.26. The second kappa shape index (κ2) is 11.7. The van der Waals surface area contributed by atoms with Gasteiger partial charge in [0.1, 0.15) is 6.04 Å². The van der Waals surface area contributed by atoms with Crippen LogP contribution in [0.25, 0.3) is 0 Å². The van der Waals surface area contributed by atoms with E-state index >= 15 is 0 Å². The van der Waals surface area contributed by atoms with Gasteiger partial charge in [-0.15, -0.1) is 0 Å². The monoisotopic (exact) mass is 336 g/mol. The number of amides is 1. The van der Waals surface area contributed by atoms with Crippen LogP contribution in [-0.2, 0) is 23.7 Å². The van der Waals surface area contributed by atoms with E-state index in [2.05, 4.69) is 5.32 Å². The normalized spacial score (nSPS) is 27.8. The number of nitrogens with one attached hydrogen (secondary N) is 1. The molecule has 1 aliphatic rings. The lowest BCUT2D eigenvalue weighted by atomic mass is 10.0. The molecular weight excluding hydrogens is 308 g/mol. The lowest BCUT2D eigenvalue weighted by molar-refractivity contribution is -0.239. The largest absolute Gasteiger partial charge is 0.394 e. The highest BCUT2D eigenvalue weighted by molar-refractivity contribution is 5.73. The summed E-state index contributed by atoms with van der Waals surface area (Å²) in [6.45, 7) is 3.52. The molecule has 1 heterocycles. The summed E-state index contributed by atoms with van der Waals surface area (Å²) in [5, 5.41) is 21.9. The van der Waals surface area contributed by atoms with Crippen LogP contribution in [0.3, 0.4) is 0 Å². The molecule has 4 atom stereocenters. The van der Waals surface area contributed by atoms with E-state index in [1.807, 2.05) is 0 Å². The molecule has 9 heteroatoms. The maximum Gasteiger partial charge on any atom is 0.217 e. The summed E-state index contributed by atoms with van der Waals surface area (Å²) in [5.74, 6) is -0.290. The molecule has 0 saturated carbocycles. The Balaban J connectivity index is 2.30. The summed E-state index contributed by atoms with van der Waals surface area (Å²) < 4.78 is 21.6. The Kier molecular flexibility index (Phi) is 10.3. The van der Waals surface area contributed by atoms with Gasteiger partial charge in [-0.2, -0.15) is 0 Å². The molecular formula is C14H28N2O7. The Hall–Kier alpha value is -0.810. The van der Waals surface area contributed by atoms with Crippen molar-refractivity contribution >= 4 is 5.91 Å². The van der Waals surface area contributed by atoms with Crippen LogP contribution in [0.2, 0.25) is 0 Å². The van der Waals surface area contributed by atoms with Gasteiger partial charge in [0.25, 0.3) is 0 Å². The first-order valence-electron chi connectivity index (χ1n) is 7.77. The molecule has 4 unspecified atom stereocenters. The summed E-state index contributed by atoms with van der Waals surface area (Å²) >= 11 is 0. The Bertz CT molecular complexity index is 332. The highest BCUT2D eigenvalue weighted by Crippen LogP contribution is 2.21. The first-order valence-corrected chi connectivity index (χ1v) is 7.77. The predicted molar refractivity (Wildman–Crippen MR) is 80.6 cm³/mol. The summed E-state index contributed by atoms with van der Waals surface area (Å²) in [7, 11) is 0. The van der Waals surface area contributed by atoms with E-state index in [-0.39, 0.29) is 25.5 Å². The standard InChI is InChI=1S/C14H28N2O7/c1-10(18)16-13-12(19)8-11(9-17)23-14(13)22-7-6-21-5-4-20-3-2-15/h11-14,17,19H,2-9,15H2,1H3,(H,16,18). The van der Waals surface area contributed by atoms with Gasteiger partial charge < -0.3 is 40.2 Å². The minimum absolute atomic E-state index is 0.224. The summed E-state index contributed by atoms with van der Waals surface area (Å²) in [5.41, 5.74) is 5.29. The van der Waals surface area contributed by atoms with E-state index in [4.69, 9.17) is 24.7 Å². The van der Waals surface area contributed by atoms with Crippen LogP contribution >= 0.6 is 0 Å². The van der Waals surface area contributed by atoms with Gasteiger partial charge in [0, 0.05) is 19.9 Å². The topological polar surface area (TPSA) is 133 Å². The third kappa shape index (κ3) is 8.02. The smallest absolute Gasteiger partial charge is 0.217 e. The second-order valence-electron chi connectivity index (χ2n) is 5.22. The van der Waals surface area contributed by atoms with Gasteiger partial charge in [0.2, 0.25) is 5.91 Å². The van der Waals surface area contributed by atoms with Gasteiger partial charge in [-0.1, -0.05) is 0 Å². The van der Waals surface area contributed by atoms with E-state index in [1.165, 1.54) is 6.92 Å². The molecule has 0 aromatic heterocycles. The molecule has 1 saturated heterocycles. The predicted octanol–water partition coefficient (Wildman–Crippen LogP) is -2.03. The van der Waals surface area contributed by atoms with Crippen molar-refractivity contribution in [1.82, 2.24) is 5.32 Å². The van der Waals surface area contributed by atoms with Crippen LogP contribution in [0.1, 0.15) is 13.3 Å². The lowest BCUT2D eigenvalue weighted by Crippen LogP contribution is -2.58. The Labute approximate surface area is 136 Å². The van der Waals surface area contributed by atoms with Crippen LogP contribution in [0.4, 0.5) is 0 Å². The minimum atomic E-state index is -0.847. The van der Waals surface area contributed by atoms with Crippen LogP contribution in [0.15, 0.2) is 0 Å². The van der Waals surface area contributed by atoms with Crippen LogP contribution in [0.5, 0.6) is 0 Å². The second-order valence-corrected chi connectivity index (χ2v) is 5.22. The molecule has 1 fully saturated rings. The van der Waals surface area contributed by atoms with Crippen molar-refractivity contribution in [2.45, 2.75) is 37.9 Å². The molecule has 0 aromatic carbocycles. The molecule has 0 spiro atoms. The molecule has 0 aliphatic carbocycles. The Morgan fingerprint density at radius 3 is 2.52 bits per heavy atom. The maximum absolute atomic E-state index is 11.2. The van der Waals surface area contributed by atoms with Gasteiger partial charge in [-0.05, 0) is 0 Å². The highest BCUT2D eigenvalue weighted by Gasteiger charge is 2.38. The number of hydrogen-bond acceptors (Lipinski definition) is 8. The lowest BCUT2D eigenvalue weighted by Gasteiger charge is -2.39. The number of ether oxygens (including phenoxy) is 4. The van der Waals surface area contributed by atoms with Crippen molar-refractivity contribution in [3.63, 3.8) is 0 Å². The number of carbonyl (C=O) groups excluding carboxylic acids is 1. The van der Waals surface area contributed by atoms with E-state index in [0.717, 1.165) is 0 Å². The van der Waals surface area contributed by atoms with Crippen molar-refractivity contribution in [2.24, 2.45) is 5.73 Å². The van der Waals surface area contributed by atoms with Crippen molar-refractivity contribution in [1.29, 1.82) is 0 Å². The third-order valence-electron chi connectivity index (χ3n) is 3.26. The van der Waals surface area contributed by atoms with Crippen LogP contribution in [0, 0.1) is 0 Å². The first-order chi connectivity index (χ1) is 11.1. The summed E-state index contributed by atoms with van der Waals surface area (Å²) in [4.78, 5) is 11.2. The average Bonchev–Trinajstić information content (AvgIpc) is 2.52. The minimum Gasteiger partial charge on any atom is -0.394 e. The van der Waals surface area contributed by atoms with Crippen molar-refractivity contribution in [2.75, 3.05) is 46.2 Å². The number of aliphatic hydroxyl groups excluding tert-OH is 2. The van der Waals surface area contributed by atoms with Crippen LogP contribution < -0.4 is 11.1 Å². The molecule has 5 N–H and O–H groups in total. The van der Waals surface area contributed by atoms with Gasteiger partial charge in [0.15, 0.2) is 6.29 Å².